The van der Waals surface area contributed by atoms with Crippen LogP contribution in [0.1, 0.15) is 0 Å². The van der Waals surface area contributed by atoms with Crippen molar-refractivity contribution in [3.63, 3.8) is 0 Å². The fourth-order valence-electron chi connectivity index (χ4n) is 1.23. The van der Waals surface area contributed by atoms with Crippen molar-refractivity contribution in [2.45, 2.75) is 0 Å². The molecule has 0 spiro atoms. The third-order valence-corrected chi connectivity index (χ3v) is 1.91. The second kappa shape index (κ2) is 2.99. The van der Waals surface area contributed by atoms with Gasteiger partial charge in [-0.2, -0.15) is 0 Å². The summed E-state index contributed by atoms with van der Waals surface area (Å²) in [6, 6.07) is 4.51. The lowest BCUT2D eigenvalue weighted by Crippen LogP contribution is -1.88. The molecule has 0 saturated carbocycles. The third kappa shape index (κ3) is 1.26. The normalized spacial score (nSPS) is 10.4. The molecule has 0 saturated heterocycles. The van der Waals surface area contributed by atoms with Gasteiger partial charge in [-0.25, -0.2) is 4.98 Å². The highest BCUT2D eigenvalue weighted by molar-refractivity contribution is 5.79. The van der Waals surface area contributed by atoms with Crippen LogP contribution in [0.15, 0.2) is 18.2 Å². The Hall–Kier alpha value is -2.11. The number of nitrogens with zero attached hydrogens (tertiary/aromatic N) is 2. The molecule has 2 aromatic rings. The van der Waals surface area contributed by atoms with Crippen molar-refractivity contribution in [2.75, 3.05) is 12.4 Å². The number of rotatable bonds is 2. The molecular weight excluding hydrogens is 184 g/mol. The molecule has 0 unspecified atom stereocenters. The van der Waals surface area contributed by atoms with E-state index in [0.717, 1.165) is 0 Å². The van der Waals surface area contributed by atoms with E-state index in [1.807, 2.05) is 0 Å². The number of aromatic nitrogens is 2. The van der Waals surface area contributed by atoms with Crippen molar-refractivity contribution >= 4 is 22.7 Å². The fourth-order valence-corrected chi connectivity index (χ4v) is 1.23. The monoisotopic (exact) mass is 192 g/mol. The van der Waals surface area contributed by atoms with Gasteiger partial charge in [0.15, 0.2) is 0 Å². The van der Waals surface area contributed by atoms with E-state index in [9.17, 15) is 10.1 Å². The van der Waals surface area contributed by atoms with Crippen molar-refractivity contribution in [1.29, 1.82) is 0 Å². The van der Waals surface area contributed by atoms with Crippen molar-refractivity contribution in [3.05, 3.63) is 28.3 Å². The van der Waals surface area contributed by atoms with Gasteiger partial charge in [0.2, 0.25) is 5.95 Å². The molecule has 0 fully saturated rings. The van der Waals surface area contributed by atoms with Gasteiger partial charge in [-0.1, -0.05) is 0 Å². The van der Waals surface area contributed by atoms with Crippen LogP contribution in [0.2, 0.25) is 0 Å². The summed E-state index contributed by atoms with van der Waals surface area (Å²) in [7, 11) is 1.73. The van der Waals surface area contributed by atoms with Crippen LogP contribution in [0.4, 0.5) is 11.6 Å². The summed E-state index contributed by atoms with van der Waals surface area (Å²) in [5.41, 5.74) is 1.42. The second-order valence-electron chi connectivity index (χ2n) is 2.79. The molecule has 1 aromatic heterocycles. The van der Waals surface area contributed by atoms with E-state index in [-0.39, 0.29) is 5.69 Å². The molecule has 0 aliphatic carbocycles. The number of benzene rings is 1. The van der Waals surface area contributed by atoms with Gasteiger partial charge in [-0.3, -0.25) is 10.1 Å². The van der Waals surface area contributed by atoms with Gasteiger partial charge in [0.1, 0.15) is 0 Å². The largest absolute Gasteiger partial charge is 0.359 e. The molecule has 0 aliphatic rings. The highest BCUT2D eigenvalue weighted by Gasteiger charge is 2.08. The molecule has 0 aliphatic heterocycles. The van der Waals surface area contributed by atoms with Crippen LogP contribution in [0.25, 0.3) is 11.0 Å². The molecule has 6 heteroatoms. The number of nitro groups is 1. The highest BCUT2D eigenvalue weighted by Crippen LogP contribution is 2.19. The van der Waals surface area contributed by atoms with E-state index in [4.69, 9.17) is 0 Å². The third-order valence-electron chi connectivity index (χ3n) is 1.91. The standard InChI is InChI=1S/C8H8N4O2/c1-9-8-10-6-3-2-5(12(13)14)4-7(6)11-8/h2-4H,1H3,(H2,9,10,11). The number of nitrogens with one attached hydrogen (secondary N) is 2. The van der Waals surface area contributed by atoms with Crippen LogP contribution in [0, 0.1) is 10.1 Å². The first-order valence-corrected chi connectivity index (χ1v) is 4.02. The van der Waals surface area contributed by atoms with E-state index >= 15 is 0 Å². The Balaban J connectivity index is 2.59. The van der Waals surface area contributed by atoms with Gasteiger partial charge in [0.05, 0.1) is 16.0 Å². The van der Waals surface area contributed by atoms with E-state index in [0.29, 0.717) is 17.0 Å². The molecular formula is C8H8N4O2. The van der Waals surface area contributed by atoms with E-state index in [1.165, 1.54) is 12.1 Å². The molecule has 2 rings (SSSR count). The molecule has 1 aromatic carbocycles. The summed E-state index contributed by atoms with van der Waals surface area (Å²) in [5.74, 6) is 0.598. The van der Waals surface area contributed by atoms with Gasteiger partial charge in [0, 0.05) is 19.2 Å². The Bertz CT molecular complexity index is 491. The zero-order chi connectivity index (χ0) is 10.1. The summed E-state index contributed by atoms with van der Waals surface area (Å²) in [4.78, 5) is 17.1. The van der Waals surface area contributed by atoms with Crippen LogP contribution in [-0.2, 0) is 0 Å². The molecule has 0 bridgehead atoms. The Labute approximate surface area is 79.1 Å². The Morgan fingerprint density at radius 3 is 3.00 bits per heavy atom. The van der Waals surface area contributed by atoms with Crippen LogP contribution in [0.3, 0.4) is 0 Å². The Morgan fingerprint density at radius 1 is 1.57 bits per heavy atom. The predicted octanol–water partition coefficient (Wildman–Crippen LogP) is 1.51. The lowest BCUT2D eigenvalue weighted by molar-refractivity contribution is -0.384. The van der Waals surface area contributed by atoms with E-state index < -0.39 is 4.92 Å². The lowest BCUT2D eigenvalue weighted by Gasteiger charge is -1.89. The van der Waals surface area contributed by atoms with Gasteiger partial charge in [-0.05, 0) is 6.07 Å². The van der Waals surface area contributed by atoms with Crippen LogP contribution in [0.5, 0.6) is 0 Å². The number of imidazole rings is 1. The summed E-state index contributed by atoms with van der Waals surface area (Å²) < 4.78 is 0. The molecule has 72 valence electrons. The number of non-ortho nitro benzene ring substituents is 1. The first-order valence-electron chi connectivity index (χ1n) is 4.02. The minimum Gasteiger partial charge on any atom is -0.359 e. The summed E-state index contributed by atoms with van der Waals surface area (Å²) in [6.45, 7) is 0. The zero-order valence-electron chi connectivity index (χ0n) is 7.44. The summed E-state index contributed by atoms with van der Waals surface area (Å²) >= 11 is 0. The number of hydrogen-bond acceptors (Lipinski definition) is 4. The van der Waals surface area contributed by atoms with Crippen molar-refractivity contribution < 1.29 is 4.92 Å². The second-order valence-corrected chi connectivity index (χ2v) is 2.79. The predicted molar refractivity (Wildman–Crippen MR) is 52.3 cm³/mol. The van der Waals surface area contributed by atoms with Crippen molar-refractivity contribution in [3.8, 4) is 0 Å². The number of anilines is 1. The zero-order valence-corrected chi connectivity index (χ0v) is 7.44. The van der Waals surface area contributed by atoms with Gasteiger partial charge in [0.25, 0.3) is 5.69 Å². The van der Waals surface area contributed by atoms with Crippen LogP contribution < -0.4 is 5.32 Å². The number of aromatic amines is 1. The van der Waals surface area contributed by atoms with E-state index in [2.05, 4.69) is 15.3 Å². The summed E-state index contributed by atoms with van der Waals surface area (Å²) in [5, 5.41) is 13.3. The number of hydrogen-bond donors (Lipinski definition) is 2. The Morgan fingerprint density at radius 2 is 2.36 bits per heavy atom. The average Bonchev–Trinajstić information content (AvgIpc) is 2.58. The first kappa shape index (κ1) is 8.49. The number of nitro benzene ring substituents is 1. The summed E-state index contributed by atoms with van der Waals surface area (Å²) in [6.07, 6.45) is 0. The molecule has 2 N–H and O–H groups in total. The topological polar surface area (TPSA) is 83.8 Å². The van der Waals surface area contributed by atoms with Gasteiger partial charge >= 0.3 is 0 Å². The van der Waals surface area contributed by atoms with Gasteiger partial charge in [-0.15, -0.1) is 0 Å². The molecule has 0 atom stereocenters. The molecule has 0 amide bonds. The molecule has 0 radical (unpaired) electrons. The number of H-pyrrole nitrogens is 1. The maximum atomic E-state index is 10.5. The first-order chi connectivity index (χ1) is 6.70. The fraction of sp³-hybridized carbons (Fsp3) is 0.125. The van der Waals surface area contributed by atoms with Crippen molar-refractivity contribution in [2.24, 2.45) is 0 Å². The van der Waals surface area contributed by atoms with Gasteiger partial charge < -0.3 is 10.3 Å². The van der Waals surface area contributed by atoms with E-state index in [1.54, 1.807) is 13.1 Å². The quantitative estimate of drug-likeness (QED) is 0.558. The maximum Gasteiger partial charge on any atom is 0.271 e. The molecule has 6 nitrogen and oxygen atoms in total. The molecule has 1 heterocycles. The van der Waals surface area contributed by atoms with Crippen molar-refractivity contribution in [1.82, 2.24) is 9.97 Å². The average molecular weight is 192 g/mol. The maximum absolute atomic E-state index is 10.5. The van der Waals surface area contributed by atoms with Crippen LogP contribution in [-0.4, -0.2) is 21.9 Å². The lowest BCUT2D eigenvalue weighted by atomic mass is 10.3. The van der Waals surface area contributed by atoms with Crippen LogP contribution >= 0.6 is 0 Å². The molecule has 14 heavy (non-hydrogen) atoms. The minimum absolute atomic E-state index is 0.0591. The SMILES string of the molecule is CNc1nc2ccc([N+](=O)[O-])cc2[nH]1. The smallest absolute Gasteiger partial charge is 0.271 e. The minimum atomic E-state index is -0.431. The highest BCUT2D eigenvalue weighted by atomic mass is 16.6. The Kier molecular flexibility index (Phi) is 1.81. The number of fused-ring (bicyclic) bond motifs is 1.